The number of anilines is 1. The molecule has 4 heterocycles. The summed E-state index contributed by atoms with van der Waals surface area (Å²) in [4.78, 5) is 20.3. The maximum Gasteiger partial charge on any atom is 0.255 e. The van der Waals surface area contributed by atoms with Crippen LogP contribution in [0.5, 0.6) is 0 Å². The number of H-pyrrole nitrogens is 1. The molecule has 7 heteroatoms. The van der Waals surface area contributed by atoms with Crippen LogP contribution in [0.25, 0.3) is 38.6 Å². The molecule has 0 bridgehead atoms. The van der Waals surface area contributed by atoms with Crippen molar-refractivity contribution in [3.8, 4) is 16.8 Å². The van der Waals surface area contributed by atoms with Crippen molar-refractivity contribution in [2.75, 3.05) is 25.5 Å². The van der Waals surface area contributed by atoms with Crippen LogP contribution < -0.4 is 10.9 Å². The van der Waals surface area contributed by atoms with Gasteiger partial charge in [-0.3, -0.25) is 19.4 Å². The van der Waals surface area contributed by atoms with Gasteiger partial charge >= 0.3 is 0 Å². The number of fused-ring (bicyclic) bond motifs is 3. The first kappa shape index (κ1) is 21.6. The molecule has 0 aliphatic carbocycles. The van der Waals surface area contributed by atoms with Crippen LogP contribution in [0.2, 0.25) is 0 Å². The minimum Gasteiger partial charge on any atom is -0.382 e. The van der Waals surface area contributed by atoms with Crippen LogP contribution in [0.4, 0.5) is 5.69 Å². The Morgan fingerprint density at radius 1 is 1.00 bits per heavy atom. The third-order valence-electron chi connectivity index (χ3n) is 7.10. The Balaban J connectivity index is 1.47. The second-order valence-electron chi connectivity index (χ2n) is 9.51. The summed E-state index contributed by atoms with van der Waals surface area (Å²) in [5.41, 5.74) is 6.78. The van der Waals surface area contributed by atoms with E-state index >= 15 is 0 Å². The second kappa shape index (κ2) is 8.67. The van der Waals surface area contributed by atoms with Gasteiger partial charge in [-0.2, -0.15) is 5.10 Å². The van der Waals surface area contributed by atoms with Gasteiger partial charge in [-0.15, -0.1) is 0 Å². The molecule has 1 aliphatic rings. The molecule has 0 unspecified atom stereocenters. The van der Waals surface area contributed by atoms with Gasteiger partial charge in [0.2, 0.25) is 0 Å². The van der Waals surface area contributed by atoms with Gasteiger partial charge in [-0.25, -0.2) is 0 Å². The highest BCUT2D eigenvalue weighted by molar-refractivity contribution is 6.05. The highest BCUT2D eigenvalue weighted by Gasteiger charge is 2.18. The summed E-state index contributed by atoms with van der Waals surface area (Å²) >= 11 is 0. The minimum atomic E-state index is -0.0610. The molecular weight excluding hydrogens is 436 g/mol. The number of aromatic nitrogens is 4. The Morgan fingerprint density at radius 3 is 2.63 bits per heavy atom. The number of nitrogens with zero attached hydrogens (tertiary/aromatic N) is 4. The van der Waals surface area contributed by atoms with Crippen molar-refractivity contribution in [2.24, 2.45) is 0 Å². The summed E-state index contributed by atoms with van der Waals surface area (Å²) in [6.07, 6.45) is 7.78. The van der Waals surface area contributed by atoms with E-state index < -0.39 is 0 Å². The summed E-state index contributed by atoms with van der Waals surface area (Å²) in [5, 5.41) is 12.5. The van der Waals surface area contributed by atoms with Crippen molar-refractivity contribution >= 4 is 27.5 Å². The SMILES string of the molecule is Cc1cc(-n2c(=O)ccc3cnc4ccc(-c5cn[nH]c5)cc4c32)ccc1NC1CCN(C)CC1. The van der Waals surface area contributed by atoms with Gasteiger partial charge in [-0.05, 0) is 87.4 Å². The van der Waals surface area contributed by atoms with Crippen LogP contribution in [0.3, 0.4) is 0 Å². The average molecular weight is 465 g/mol. The lowest BCUT2D eigenvalue weighted by molar-refractivity contribution is 0.264. The summed E-state index contributed by atoms with van der Waals surface area (Å²) in [6, 6.07) is 16.3. The van der Waals surface area contributed by atoms with Crippen molar-refractivity contribution in [1.82, 2.24) is 24.6 Å². The van der Waals surface area contributed by atoms with Crippen molar-refractivity contribution in [2.45, 2.75) is 25.8 Å². The molecular formula is C28H28N6O. The maximum atomic E-state index is 13.2. The van der Waals surface area contributed by atoms with E-state index in [9.17, 15) is 4.79 Å². The molecule has 1 saturated heterocycles. The molecule has 6 rings (SSSR count). The molecule has 5 aromatic rings. The van der Waals surface area contributed by atoms with Crippen LogP contribution in [0.1, 0.15) is 18.4 Å². The molecule has 0 saturated carbocycles. The first-order chi connectivity index (χ1) is 17.1. The van der Waals surface area contributed by atoms with Gasteiger partial charge in [0, 0.05) is 52.2 Å². The lowest BCUT2D eigenvalue weighted by atomic mass is 10.0. The largest absolute Gasteiger partial charge is 0.382 e. The molecule has 3 aromatic heterocycles. The Bertz CT molecular complexity index is 1580. The standard InChI is InChI=1S/C28H28N6O/c1-18-13-23(5-7-25(18)32-22-9-11-33(2)12-10-22)34-27(35)8-4-20-15-29-26-6-3-19(14-24(26)28(20)34)21-16-30-31-17-21/h3-8,13-17,22,32H,9-12H2,1-2H3,(H,30,31). The van der Waals surface area contributed by atoms with E-state index in [2.05, 4.69) is 57.6 Å². The molecule has 176 valence electrons. The molecule has 2 aromatic carbocycles. The van der Waals surface area contributed by atoms with Crippen molar-refractivity contribution < 1.29 is 0 Å². The van der Waals surface area contributed by atoms with Crippen LogP contribution in [-0.4, -0.2) is 50.8 Å². The molecule has 1 fully saturated rings. The van der Waals surface area contributed by atoms with E-state index in [0.29, 0.717) is 6.04 Å². The van der Waals surface area contributed by atoms with Crippen molar-refractivity contribution in [3.05, 3.63) is 83.0 Å². The third kappa shape index (κ3) is 3.98. The predicted octanol–water partition coefficient (Wildman–Crippen LogP) is 4.74. The number of aromatic amines is 1. The fourth-order valence-electron chi connectivity index (χ4n) is 5.08. The minimum absolute atomic E-state index is 0.0610. The molecule has 0 spiro atoms. The van der Waals surface area contributed by atoms with E-state index in [-0.39, 0.29) is 5.56 Å². The summed E-state index contributed by atoms with van der Waals surface area (Å²) in [6.45, 7) is 4.33. The van der Waals surface area contributed by atoms with E-state index in [1.54, 1.807) is 12.3 Å². The van der Waals surface area contributed by atoms with Gasteiger partial charge < -0.3 is 10.2 Å². The number of aryl methyl sites for hydroxylation is 1. The molecule has 1 aliphatic heterocycles. The average Bonchev–Trinajstić information content (AvgIpc) is 3.41. The number of pyridine rings is 2. The lowest BCUT2D eigenvalue weighted by Gasteiger charge is -2.30. The first-order valence-corrected chi connectivity index (χ1v) is 12.1. The first-order valence-electron chi connectivity index (χ1n) is 12.1. The van der Waals surface area contributed by atoms with Gasteiger partial charge in [0.25, 0.3) is 5.56 Å². The number of hydrogen-bond donors (Lipinski definition) is 2. The fourth-order valence-corrected chi connectivity index (χ4v) is 5.08. The van der Waals surface area contributed by atoms with Crippen molar-refractivity contribution in [1.29, 1.82) is 0 Å². The quantitative estimate of drug-likeness (QED) is 0.376. The highest BCUT2D eigenvalue weighted by atomic mass is 16.1. The Kier molecular flexibility index (Phi) is 5.34. The Labute approximate surface area is 203 Å². The van der Waals surface area contributed by atoms with Crippen LogP contribution in [-0.2, 0) is 0 Å². The number of hydrogen-bond acceptors (Lipinski definition) is 5. The Morgan fingerprint density at radius 2 is 1.86 bits per heavy atom. The summed E-state index contributed by atoms with van der Waals surface area (Å²) < 4.78 is 1.81. The molecule has 35 heavy (non-hydrogen) atoms. The third-order valence-corrected chi connectivity index (χ3v) is 7.10. The number of benzene rings is 2. The fraction of sp³-hybridized carbons (Fsp3) is 0.250. The molecule has 7 nitrogen and oxygen atoms in total. The van der Waals surface area contributed by atoms with Crippen LogP contribution in [0, 0.1) is 6.92 Å². The number of nitrogens with one attached hydrogen (secondary N) is 2. The molecule has 0 radical (unpaired) electrons. The monoisotopic (exact) mass is 464 g/mol. The van der Waals surface area contributed by atoms with E-state index in [0.717, 1.165) is 75.8 Å². The highest BCUT2D eigenvalue weighted by Crippen LogP contribution is 2.30. The van der Waals surface area contributed by atoms with E-state index in [1.165, 1.54) is 0 Å². The lowest BCUT2D eigenvalue weighted by Crippen LogP contribution is -2.36. The van der Waals surface area contributed by atoms with Gasteiger partial charge in [0.1, 0.15) is 0 Å². The van der Waals surface area contributed by atoms with Crippen molar-refractivity contribution in [3.63, 3.8) is 0 Å². The summed E-state index contributed by atoms with van der Waals surface area (Å²) in [5.74, 6) is 0. The number of likely N-dealkylation sites (tertiary alicyclic amines) is 1. The summed E-state index contributed by atoms with van der Waals surface area (Å²) in [7, 11) is 2.18. The number of rotatable bonds is 4. The van der Waals surface area contributed by atoms with E-state index in [4.69, 9.17) is 0 Å². The maximum absolute atomic E-state index is 13.2. The van der Waals surface area contributed by atoms with Gasteiger partial charge in [0.05, 0.1) is 17.2 Å². The zero-order chi connectivity index (χ0) is 23.9. The number of piperidine rings is 1. The van der Waals surface area contributed by atoms with Gasteiger partial charge in [0.15, 0.2) is 0 Å². The molecule has 0 atom stereocenters. The molecule has 0 amide bonds. The van der Waals surface area contributed by atoms with Gasteiger partial charge in [-0.1, -0.05) is 6.07 Å². The topological polar surface area (TPSA) is 78.8 Å². The van der Waals surface area contributed by atoms with Crippen LogP contribution in [0.15, 0.2) is 71.9 Å². The predicted molar refractivity (Wildman–Crippen MR) is 141 cm³/mol. The smallest absolute Gasteiger partial charge is 0.255 e. The zero-order valence-corrected chi connectivity index (χ0v) is 20.0. The Hall–Kier alpha value is -3.97. The molecule has 2 N–H and O–H groups in total. The van der Waals surface area contributed by atoms with Crippen LogP contribution >= 0.6 is 0 Å². The zero-order valence-electron chi connectivity index (χ0n) is 20.0. The van der Waals surface area contributed by atoms with E-state index in [1.807, 2.05) is 41.2 Å². The second-order valence-corrected chi connectivity index (χ2v) is 9.51. The normalized spacial score (nSPS) is 15.1.